The summed E-state index contributed by atoms with van der Waals surface area (Å²) in [5.74, 6) is 0.0844. The van der Waals surface area contributed by atoms with Crippen molar-refractivity contribution in [3.63, 3.8) is 0 Å². The monoisotopic (exact) mass is 203 g/mol. The van der Waals surface area contributed by atoms with Crippen LogP contribution in [-0.2, 0) is 15.1 Å². The van der Waals surface area contributed by atoms with Crippen LogP contribution in [0.15, 0.2) is 24.3 Å². The van der Waals surface area contributed by atoms with Crippen molar-refractivity contribution in [1.82, 2.24) is 0 Å². The Labute approximate surface area is 88.6 Å². The second-order valence-electron chi connectivity index (χ2n) is 4.16. The van der Waals surface area contributed by atoms with Gasteiger partial charge in [-0.1, -0.05) is 18.2 Å². The number of ether oxygens (including phenoxy) is 1. The Kier molecular flexibility index (Phi) is 1.68. The maximum Gasteiger partial charge on any atom is 0.263 e. The van der Waals surface area contributed by atoms with E-state index in [9.17, 15) is 4.79 Å². The quantitative estimate of drug-likeness (QED) is 0.642. The van der Waals surface area contributed by atoms with Crippen LogP contribution < -0.4 is 4.90 Å². The molecule has 0 bridgehead atoms. The van der Waals surface area contributed by atoms with E-state index in [2.05, 4.69) is 0 Å². The molecule has 1 amide bonds. The lowest BCUT2D eigenvalue weighted by Gasteiger charge is -2.21. The van der Waals surface area contributed by atoms with E-state index >= 15 is 0 Å². The van der Waals surface area contributed by atoms with Gasteiger partial charge in [0.15, 0.2) is 5.60 Å². The molecule has 1 aromatic carbocycles. The number of amides is 1. The minimum atomic E-state index is -0.661. The summed E-state index contributed by atoms with van der Waals surface area (Å²) in [6, 6.07) is 7.90. The van der Waals surface area contributed by atoms with Crippen molar-refractivity contribution in [3.8, 4) is 0 Å². The average molecular weight is 203 g/mol. The number of fused-ring (bicyclic) bond motifs is 2. The molecule has 2 heterocycles. The summed E-state index contributed by atoms with van der Waals surface area (Å²) in [4.78, 5) is 13.9. The van der Waals surface area contributed by atoms with Gasteiger partial charge in [0.05, 0.1) is 5.69 Å². The summed E-state index contributed by atoms with van der Waals surface area (Å²) in [5, 5.41) is 0. The Morgan fingerprint density at radius 2 is 2.20 bits per heavy atom. The molecule has 0 aliphatic carbocycles. The number of carbonyl (C=O) groups excluding carboxylic acids is 1. The number of hydrogen-bond donors (Lipinski definition) is 0. The molecular formula is C12H13NO2. The Hall–Kier alpha value is -1.35. The number of para-hydroxylation sites is 1. The van der Waals surface area contributed by atoms with Crippen LogP contribution in [0.25, 0.3) is 0 Å². The summed E-state index contributed by atoms with van der Waals surface area (Å²) < 4.78 is 5.72. The molecular weight excluding hydrogens is 190 g/mol. The highest BCUT2D eigenvalue weighted by Gasteiger charge is 2.52. The predicted octanol–water partition coefficient (Wildman–Crippen LogP) is 1.67. The smallest absolute Gasteiger partial charge is 0.263 e. The highest BCUT2D eigenvalue weighted by Crippen LogP contribution is 2.47. The number of carbonyl (C=O) groups is 1. The van der Waals surface area contributed by atoms with Crippen molar-refractivity contribution >= 4 is 11.6 Å². The van der Waals surface area contributed by atoms with Crippen molar-refractivity contribution in [1.29, 1.82) is 0 Å². The van der Waals surface area contributed by atoms with Crippen LogP contribution in [0.4, 0.5) is 5.69 Å². The second-order valence-corrected chi connectivity index (χ2v) is 4.16. The van der Waals surface area contributed by atoms with Crippen molar-refractivity contribution in [3.05, 3.63) is 29.8 Å². The van der Waals surface area contributed by atoms with E-state index in [0.29, 0.717) is 6.61 Å². The molecule has 0 aromatic heterocycles. The number of benzene rings is 1. The Balaban J connectivity index is 2.22. The van der Waals surface area contributed by atoms with Gasteiger partial charge in [-0.05, 0) is 18.9 Å². The van der Waals surface area contributed by atoms with Crippen LogP contribution in [0.5, 0.6) is 0 Å². The van der Waals surface area contributed by atoms with Gasteiger partial charge in [0.1, 0.15) is 0 Å². The van der Waals surface area contributed by atoms with E-state index in [1.54, 1.807) is 4.90 Å². The molecule has 15 heavy (non-hydrogen) atoms. The molecule has 1 fully saturated rings. The van der Waals surface area contributed by atoms with Gasteiger partial charge in [-0.15, -0.1) is 0 Å². The molecule has 0 N–H and O–H groups in total. The van der Waals surface area contributed by atoms with Crippen LogP contribution >= 0.6 is 0 Å². The van der Waals surface area contributed by atoms with Gasteiger partial charge in [0, 0.05) is 19.2 Å². The fraction of sp³-hybridized carbons (Fsp3) is 0.417. The highest BCUT2D eigenvalue weighted by molar-refractivity contribution is 6.06. The maximum absolute atomic E-state index is 12.2. The molecule has 3 rings (SSSR count). The molecule has 1 spiro atoms. The average Bonchev–Trinajstić information content (AvgIpc) is 2.83. The predicted molar refractivity (Wildman–Crippen MR) is 56.7 cm³/mol. The molecule has 3 heteroatoms. The Bertz CT molecular complexity index is 421. The van der Waals surface area contributed by atoms with E-state index in [0.717, 1.165) is 24.1 Å². The summed E-state index contributed by atoms with van der Waals surface area (Å²) in [6.07, 6.45) is 1.78. The number of nitrogens with zero attached hydrogens (tertiary/aromatic N) is 1. The maximum atomic E-state index is 12.2. The summed E-state index contributed by atoms with van der Waals surface area (Å²) >= 11 is 0. The fourth-order valence-corrected chi connectivity index (χ4v) is 2.62. The van der Waals surface area contributed by atoms with Crippen LogP contribution in [0, 0.1) is 0 Å². The fourth-order valence-electron chi connectivity index (χ4n) is 2.62. The van der Waals surface area contributed by atoms with E-state index in [4.69, 9.17) is 4.74 Å². The van der Waals surface area contributed by atoms with E-state index < -0.39 is 5.60 Å². The second kappa shape index (κ2) is 2.83. The zero-order valence-electron chi connectivity index (χ0n) is 8.69. The largest absolute Gasteiger partial charge is 0.360 e. The van der Waals surface area contributed by atoms with Gasteiger partial charge >= 0.3 is 0 Å². The molecule has 1 atom stereocenters. The van der Waals surface area contributed by atoms with Gasteiger partial charge in [-0.3, -0.25) is 4.79 Å². The van der Waals surface area contributed by atoms with Gasteiger partial charge in [0.2, 0.25) is 0 Å². The van der Waals surface area contributed by atoms with Gasteiger partial charge < -0.3 is 9.64 Å². The molecule has 0 radical (unpaired) electrons. The molecule has 78 valence electrons. The van der Waals surface area contributed by atoms with Gasteiger partial charge in [-0.2, -0.15) is 0 Å². The SMILES string of the molecule is CN1C(=O)C2(CCCO2)c2ccccc21. The lowest BCUT2D eigenvalue weighted by Crippen LogP contribution is -2.37. The van der Waals surface area contributed by atoms with E-state index in [1.807, 2.05) is 31.3 Å². The first-order valence-corrected chi connectivity index (χ1v) is 5.27. The molecule has 2 aliphatic rings. The van der Waals surface area contributed by atoms with Crippen LogP contribution in [-0.4, -0.2) is 19.6 Å². The minimum absolute atomic E-state index is 0.0844. The number of anilines is 1. The van der Waals surface area contributed by atoms with E-state index in [1.165, 1.54) is 0 Å². The third-order valence-corrected chi connectivity index (χ3v) is 3.37. The lowest BCUT2D eigenvalue weighted by molar-refractivity contribution is -0.137. The zero-order chi connectivity index (χ0) is 10.5. The molecule has 3 nitrogen and oxygen atoms in total. The number of rotatable bonds is 0. The van der Waals surface area contributed by atoms with Crippen molar-refractivity contribution in [2.75, 3.05) is 18.6 Å². The van der Waals surface area contributed by atoms with Crippen LogP contribution in [0.2, 0.25) is 0 Å². The van der Waals surface area contributed by atoms with Gasteiger partial charge in [-0.25, -0.2) is 0 Å². The third-order valence-electron chi connectivity index (χ3n) is 3.37. The first kappa shape index (κ1) is 8.92. The summed E-state index contributed by atoms with van der Waals surface area (Å²) in [6.45, 7) is 0.688. The molecule has 1 aromatic rings. The van der Waals surface area contributed by atoms with Crippen molar-refractivity contribution in [2.24, 2.45) is 0 Å². The standard InChI is InChI=1S/C12H13NO2/c1-13-10-6-3-2-5-9(10)12(11(13)14)7-4-8-15-12/h2-3,5-6H,4,7-8H2,1H3. The molecule has 1 saturated heterocycles. The van der Waals surface area contributed by atoms with Crippen molar-refractivity contribution < 1.29 is 9.53 Å². The Morgan fingerprint density at radius 1 is 1.40 bits per heavy atom. The Morgan fingerprint density at radius 3 is 2.93 bits per heavy atom. The van der Waals surface area contributed by atoms with Crippen LogP contribution in [0.3, 0.4) is 0 Å². The van der Waals surface area contributed by atoms with E-state index in [-0.39, 0.29) is 5.91 Å². The summed E-state index contributed by atoms with van der Waals surface area (Å²) in [5.41, 5.74) is 1.37. The normalized spacial score (nSPS) is 28.9. The third kappa shape index (κ3) is 0.960. The van der Waals surface area contributed by atoms with Crippen LogP contribution in [0.1, 0.15) is 18.4 Å². The zero-order valence-corrected chi connectivity index (χ0v) is 8.69. The molecule has 2 aliphatic heterocycles. The summed E-state index contributed by atoms with van der Waals surface area (Å²) in [7, 11) is 1.82. The first-order valence-electron chi connectivity index (χ1n) is 5.27. The number of likely N-dealkylation sites (N-methyl/N-ethyl adjacent to an activating group) is 1. The topological polar surface area (TPSA) is 29.5 Å². The minimum Gasteiger partial charge on any atom is -0.360 e. The molecule has 0 saturated carbocycles. The van der Waals surface area contributed by atoms with Gasteiger partial charge in [0.25, 0.3) is 5.91 Å². The number of hydrogen-bond acceptors (Lipinski definition) is 2. The molecule has 1 unspecified atom stereocenters. The first-order chi connectivity index (χ1) is 7.26. The van der Waals surface area contributed by atoms with Crippen molar-refractivity contribution in [2.45, 2.75) is 18.4 Å². The lowest BCUT2D eigenvalue weighted by atomic mass is 9.92. The highest BCUT2D eigenvalue weighted by atomic mass is 16.5.